The van der Waals surface area contributed by atoms with Crippen LogP contribution in [0.5, 0.6) is 5.75 Å². The molecular formula is C26H22Cl3N3O2. The highest BCUT2D eigenvalue weighted by Gasteiger charge is 2.14. The second kappa shape index (κ2) is 10.5. The van der Waals surface area contributed by atoms with Gasteiger partial charge >= 0.3 is 0 Å². The molecule has 0 saturated carbocycles. The number of para-hydroxylation sites is 1. The van der Waals surface area contributed by atoms with E-state index in [-0.39, 0.29) is 11.7 Å². The lowest BCUT2D eigenvalue weighted by Gasteiger charge is -2.12. The van der Waals surface area contributed by atoms with Gasteiger partial charge < -0.3 is 10.1 Å². The Morgan fingerprint density at radius 1 is 0.912 bits per heavy atom. The molecule has 0 spiro atoms. The summed E-state index contributed by atoms with van der Waals surface area (Å²) in [4.78, 5) is 12.7. The number of benzene rings is 3. The number of nitrogens with one attached hydrogen (secondary N) is 1. The van der Waals surface area contributed by atoms with Gasteiger partial charge in [0.25, 0.3) is 5.91 Å². The van der Waals surface area contributed by atoms with Gasteiger partial charge in [-0.15, -0.1) is 0 Å². The van der Waals surface area contributed by atoms with Crippen molar-refractivity contribution in [1.29, 1.82) is 0 Å². The highest BCUT2D eigenvalue weighted by Crippen LogP contribution is 2.27. The largest absolute Gasteiger partial charge is 0.488 e. The number of hydrogen-bond acceptors (Lipinski definition) is 3. The SMILES string of the molecule is Cc1cccc(C)c1OCc1ccc(C(=O)Nc2nn(Cc3c(Cl)cccc3Cl)cc2Cl)cc1. The minimum atomic E-state index is -0.315. The Morgan fingerprint density at radius 3 is 2.18 bits per heavy atom. The smallest absolute Gasteiger partial charge is 0.256 e. The maximum absolute atomic E-state index is 12.7. The number of carbonyl (C=O) groups is 1. The van der Waals surface area contributed by atoms with Crippen molar-refractivity contribution in [1.82, 2.24) is 9.78 Å². The predicted molar refractivity (Wildman–Crippen MR) is 137 cm³/mol. The molecule has 0 aliphatic carbocycles. The molecule has 0 bridgehead atoms. The van der Waals surface area contributed by atoms with E-state index < -0.39 is 0 Å². The molecule has 4 rings (SSSR count). The Balaban J connectivity index is 1.40. The number of anilines is 1. The molecule has 1 aromatic heterocycles. The molecule has 0 saturated heterocycles. The molecule has 0 aliphatic heterocycles. The fourth-order valence-electron chi connectivity index (χ4n) is 3.52. The van der Waals surface area contributed by atoms with E-state index in [9.17, 15) is 4.79 Å². The fourth-order valence-corrected chi connectivity index (χ4v) is 4.24. The Bertz CT molecular complexity index is 1290. The minimum Gasteiger partial charge on any atom is -0.488 e. The number of halogens is 3. The van der Waals surface area contributed by atoms with Crippen LogP contribution in [0.2, 0.25) is 15.1 Å². The number of ether oxygens (including phenoxy) is 1. The van der Waals surface area contributed by atoms with Crippen LogP contribution in [-0.4, -0.2) is 15.7 Å². The number of nitrogens with zero attached hydrogens (tertiary/aromatic N) is 2. The number of hydrogen-bond donors (Lipinski definition) is 1. The van der Waals surface area contributed by atoms with Gasteiger partial charge in [0.1, 0.15) is 17.4 Å². The molecule has 34 heavy (non-hydrogen) atoms. The quantitative estimate of drug-likeness (QED) is 0.281. The summed E-state index contributed by atoms with van der Waals surface area (Å²) in [5.74, 6) is 0.829. The second-order valence-corrected chi connectivity index (χ2v) is 9.11. The van der Waals surface area contributed by atoms with E-state index in [1.165, 1.54) is 0 Å². The van der Waals surface area contributed by atoms with E-state index in [4.69, 9.17) is 39.5 Å². The van der Waals surface area contributed by atoms with E-state index >= 15 is 0 Å². The summed E-state index contributed by atoms with van der Waals surface area (Å²) in [6.07, 6.45) is 1.62. The summed E-state index contributed by atoms with van der Waals surface area (Å²) >= 11 is 18.8. The molecule has 0 unspecified atom stereocenters. The number of aryl methyl sites for hydroxylation is 2. The summed E-state index contributed by atoms with van der Waals surface area (Å²) in [6.45, 7) is 4.77. The molecular weight excluding hydrogens is 493 g/mol. The van der Waals surface area contributed by atoms with Crippen molar-refractivity contribution in [2.75, 3.05) is 5.32 Å². The summed E-state index contributed by atoms with van der Waals surface area (Å²) < 4.78 is 7.57. The molecule has 1 amide bonds. The third-order valence-corrected chi connectivity index (χ3v) is 6.32. The van der Waals surface area contributed by atoms with Crippen LogP contribution in [0.1, 0.15) is 32.6 Å². The zero-order valence-corrected chi connectivity index (χ0v) is 20.9. The third kappa shape index (κ3) is 5.55. The zero-order chi connectivity index (χ0) is 24.2. The van der Waals surface area contributed by atoms with Gasteiger partial charge in [-0.2, -0.15) is 5.10 Å². The van der Waals surface area contributed by atoms with Crippen molar-refractivity contribution in [2.45, 2.75) is 27.0 Å². The van der Waals surface area contributed by atoms with Crippen molar-refractivity contribution in [3.63, 3.8) is 0 Å². The Hall–Kier alpha value is -2.99. The molecule has 0 radical (unpaired) electrons. The van der Waals surface area contributed by atoms with Gasteiger partial charge in [-0.25, -0.2) is 0 Å². The minimum absolute atomic E-state index is 0.261. The van der Waals surface area contributed by atoms with Gasteiger partial charge in [0.2, 0.25) is 0 Å². The van der Waals surface area contributed by atoms with Crippen molar-refractivity contribution in [3.8, 4) is 5.75 Å². The van der Waals surface area contributed by atoms with Crippen LogP contribution in [0.25, 0.3) is 0 Å². The van der Waals surface area contributed by atoms with Crippen LogP contribution in [0.4, 0.5) is 5.82 Å². The number of amides is 1. The summed E-state index contributed by atoms with van der Waals surface area (Å²) in [7, 11) is 0. The zero-order valence-electron chi connectivity index (χ0n) is 18.6. The number of aromatic nitrogens is 2. The fraction of sp³-hybridized carbons (Fsp3) is 0.154. The van der Waals surface area contributed by atoms with E-state index in [1.807, 2.05) is 44.2 Å². The molecule has 1 N–H and O–H groups in total. The number of rotatable bonds is 7. The highest BCUT2D eigenvalue weighted by molar-refractivity contribution is 6.36. The molecule has 4 aromatic rings. The van der Waals surface area contributed by atoms with Crippen LogP contribution in [-0.2, 0) is 13.2 Å². The van der Waals surface area contributed by atoms with Crippen LogP contribution >= 0.6 is 34.8 Å². The first-order valence-electron chi connectivity index (χ1n) is 10.6. The van der Waals surface area contributed by atoms with E-state index in [2.05, 4.69) is 10.4 Å². The predicted octanol–water partition coefficient (Wildman–Crippen LogP) is 7.34. The molecule has 0 fully saturated rings. The molecule has 1 heterocycles. The molecule has 174 valence electrons. The molecule has 5 nitrogen and oxygen atoms in total. The average Bonchev–Trinajstić information content (AvgIpc) is 3.15. The summed E-state index contributed by atoms with van der Waals surface area (Å²) in [5.41, 5.74) is 4.34. The van der Waals surface area contributed by atoms with Crippen molar-refractivity contribution < 1.29 is 9.53 Å². The first-order chi connectivity index (χ1) is 16.3. The normalized spacial score (nSPS) is 10.9. The summed E-state index contributed by atoms with van der Waals surface area (Å²) in [5, 5.41) is 8.50. The van der Waals surface area contributed by atoms with Crippen molar-refractivity contribution in [2.24, 2.45) is 0 Å². The Labute approximate surface area is 213 Å². The van der Waals surface area contributed by atoms with E-state index in [0.717, 1.165) is 28.0 Å². The van der Waals surface area contributed by atoms with Crippen molar-refractivity contribution in [3.05, 3.63) is 110 Å². The molecule has 8 heteroatoms. The molecule has 0 atom stereocenters. The van der Waals surface area contributed by atoms with Gasteiger partial charge in [0.05, 0.1) is 6.54 Å². The van der Waals surface area contributed by atoms with Gasteiger partial charge in [0.15, 0.2) is 5.82 Å². The lowest BCUT2D eigenvalue weighted by Crippen LogP contribution is -2.13. The van der Waals surface area contributed by atoms with Crippen LogP contribution < -0.4 is 10.1 Å². The highest BCUT2D eigenvalue weighted by atomic mass is 35.5. The maximum atomic E-state index is 12.7. The van der Waals surface area contributed by atoms with Crippen LogP contribution in [0.3, 0.4) is 0 Å². The average molecular weight is 515 g/mol. The van der Waals surface area contributed by atoms with Crippen LogP contribution in [0, 0.1) is 13.8 Å². The van der Waals surface area contributed by atoms with Gasteiger partial charge in [0, 0.05) is 27.4 Å². The first kappa shape index (κ1) is 24.1. The van der Waals surface area contributed by atoms with Crippen molar-refractivity contribution >= 4 is 46.5 Å². The lowest BCUT2D eigenvalue weighted by atomic mass is 10.1. The van der Waals surface area contributed by atoms with E-state index in [1.54, 1.807) is 41.2 Å². The number of carbonyl (C=O) groups excluding carboxylic acids is 1. The Morgan fingerprint density at radius 2 is 1.53 bits per heavy atom. The van der Waals surface area contributed by atoms with E-state index in [0.29, 0.717) is 33.8 Å². The Kier molecular flexibility index (Phi) is 7.47. The van der Waals surface area contributed by atoms with Crippen LogP contribution in [0.15, 0.2) is 66.9 Å². The lowest BCUT2D eigenvalue weighted by molar-refractivity contribution is 0.102. The summed E-state index contributed by atoms with van der Waals surface area (Å²) in [6, 6.07) is 18.5. The molecule has 3 aromatic carbocycles. The topological polar surface area (TPSA) is 56.1 Å². The standard InChI is InChI=1S/C26H22Cl3N3O2/c1-16-5-3-6-17(2)24(16)34-15-18-9-11-19(12-10-18)26(33)30-25-23(29)14-32(31-25)13-20-21(27)7-4-8-22(20)28/h3-12,14H,13,15H2,1-2H3,(H,30,31,33). The molecule has 0 aliphatic rings. The maximum Gasteiger partial charge on any atom is 0.256 e. The van der Waals surface area contributed by atoms with Gasteiger partial charge in [-0.1, -0.05) is 71.2 Å². The third-order valence-electron chi connectivity index (χ3n) is 5.34. The first-order valence-corrected chi connectivity index (χ1v) is 11.7. The second-order valence-electron chi connectivity index (χ2n) is 7.88. The van der Waals surface area contributed by atoms with Gasteiger partial charge in [-0.05, 0) is 54.8 Å². The monoisotopic (exact) mass is 513 g/mol. The van der Waals surface area contributed by atoms with Gasteiger partial charge in [-0.3, -0.25) is 9.48 Å².